The Balaban J connectivity index is 1.68. The number of benzene rings is 2. The normalized spacial score (nSPS) is 12.0. The summed E-state index contributed by atoms with van der Waals surface area (Å²) in [5.41, 5.74) is 3.14. The predicted molar refractivity (Wildman–Crippen MR) is 95.6 cm³/mol. The molecule has 0 unspecified atom stereocenters. The van der Waals surface area contributed by atoms with Gasteiger partial charge in [0.1, 0.15) is 6.54 Å². The van der Waals surface area contributed by atoms with Crippen LogP contribution in [0.3, 0.4) is 0 Å². The Morgan fingerprint density at radius 3 is 2.48 bits per heavy atom. The molecule has 0 spiro atoms. The van der Waals surface area contributed by atoms with Crippen molar-refractivity contribution >= 4 is 5.91 Å². The van der Waals surface area contributed by atoms with Crippen LogP contribution in [0.15, 0.2) is 54.6 Å². The molecule has 3 aromatic rings. The summed E-state index contributed by atoms with van der Waals surface area (Å²) in [6.07, 6.45) is 0. The van der Waals surface area contributed by atoms with Crippen molar-refractivity contribution in [2.75, 3.05) is 7.05 Å². The summed E-state index contributed by atoms with van der Waals surface area (Å²) in [7, 11) is 1.79. The summed E-state index contributed by atoms with van der Waals surface area (Å²) in [5, 5.41) is 12.4. The molecule has 25 heavy (non-hydrogen) atoms. The third kappa shape index (κ3) is 3.91. The molecular formula is C19H21N5O. The van der Waals surface area contributed by atoms with Gasteiger partial charge in [0.2, 0.25) is 11.7 Å². The van der Waals surface area contributed by atoms with Crippen molar-refractivity contribution in [2.24, 2.45) is 0 Å². The topological polar surface area (TPSA) is 63.9 Å². The lowest BCUT2D eigenvalue weighted by Gasteiger charge is -2.25. The lowest BCUT2D eigenvalue weighted by Crippen LogP contribution is -2.33. The fraction of sp³-hybridized carbons (Fsp3) is 0.263. The van der Waals surface area contributed by atoms with E-state index in [1.807, 2.05) is 68.4 Å². The van der Waals surface area contributed by atoms with Gasteiger partial charge in [-0.05, 0) is 24.6 Å². The quantitative estimate of drug-likeness (QED) is 0.719. The number of nitrogens with zero attached hydrogens (tertiary/aromatic N) is 5. The molecule has 6 heteroatoms. The molecule has 128 valence electrons. The van der Waals surface area contributed by atoms with E-state index >= 15 is 0 Å². The molecule has 1 aromatic heterocycles. The molecule has 0 fully saturated rings. The third-order valence-electron chi connectivity index (χ3n) is 4.30. The summed E-state index contributed by atoms with van der Waals surface area (Å²) < 4.78 is 0. The first-order chi connectivity index (χ1) is 12.0. The number of hydrogen-bond donors (Lipinski definition) is 0. The molecule has 1 amide bonds. The Hall–Kier alpha value is -3.02. The van der Waals surface area contributed by atoms with Crippen molar-refractivity contribution in [3.05, 3.63) is 65.7 Å². The number of rotatable bonds is 5. The maximum absolute atomic E-state index is 12.5. The molecule has 0 N–H and O–H groups in total. The van der Waals surface area contributed by atoms with Crippen LogP contribution in [0.2, 0.25) is 0 Å². The van der Waals surface area contributed by atoms with Crippen LogP contribution in [-0.2, 0) is 11.3 Å². The van der Waals surface area contributed by atoms with E-state index in [-0.39, 0.29) is 18.5 Å². The van der Waals surface area contributed by atoms with E-state index in [1.54, 1.807) is 11.9 Å². The second kappa shape index (κ2) is 7.25. The number of hydrogen-bond acceptors (Lipinski definition) is 4. The number of amides is 1. The van der Waals surface area contributed by atoms with E-state index in [9.17, 15) is 4.79 Å². The van der Waals surface area contributed by atoms with Gasteiger partial charge in [0.25, 0.3) is 0 Å². The van der Waals surface area contributed by atoms with Crippen LogP contribution in [0.5, 0.6) is 0 Å². The van der Waals surface area contributed by atoms with Crippen molar-refractivity contribution in [1.29, 1.82) is 0 Å². The molecule has 0 saturated carbocycles. The molecule has 0 aliphatic rings. The monoisotopic (exact) mass is 335 g/mol. The highest BCUT2D eigenvalue weighted by molar-refractivity contribution is 5.76. The lowest BCUT2D eigenvalue weighted by molar-refractivity contribution is -0.132. The summed E-state index contributed by atoms with van der Waals surface area (Å²) in [6.45, 7) is 4.09. The van der Waals surface area contributed by atoms with Crippen LogP contribution in [0.1, 0.15) is 24.1 Å². The molecule has 2 aromatic carbocycles. The van der Waals surface area contributed by atoms with Crippen molar-refractivity contribution in [1.82, 2.24) is 25.1 Å². The van der Waals surface area contributed by atoms with Gasteiger partial charge in [0.15, 0.2) is 0 Å². The molecule has 0 bridgehead atoms. The first-order valence-electron chi connectivity index (χ1n) is 8.20. The smallest absolute Gasteiger partial charge is 0.246 e. The van der Waals surface area contributed by atoms with Crippen molar-refractivity contribution in [3.63, 3.8) is 0 Å². The van der Waals surface area contributed by atoms with E-state index in [0.717, 1.165) is 11.1 Å². The molecule has 0 saturated heterocycles. The van der Waals surface area contributed by atoms with E-state index < -0.39 is 0 Å². The second-order valence-electron chi connectivity index (χ2n) is 6.10. The van der Waals surface area contributed by atoms with Crippen LogP contribution >= 0.6 is 0 Å². The first kappa shape index (κ1) is 16.8. The van der Waals surface area contributed by atoms with Gasteiger partial charge >= 0.3 is 0 Å². The van der Waals surface area contributed by atoms with Crippen LogP contribution in [-0.4, -0.2) is 38.1 Å². The number of aromatic nitrogens is 4. The van der Waals surface area contributed by atoms with E-state index in [4.69, 9.17) is 0 Å². The lowest BCUT2D eigenvalue weighted by atomic mass is 10.1. The average molecular weight is 335 g/mol. The second-order valence-corrected chi connectivity index (χ2v) is 6.10. The van der Waals surface area contributed by atoms with Gasteiger partial charge in [-0.15, -0.1) is 10.2 Å². The Morgan fingerprint density at radius 2 is 1.80 bits per heavy atom. The van der Waals surface area contributed by atoms with Crippen LogP contribution in [0.4, 0.5) is 0 Å². The van der Waals surface area contributed by atoms with Gasteiger partial charge in [-0.1, -0.05) is 60.2 Å². The van der Waals surface area contributed by atoms with Crippen molar-refractivity contribution in [2.45, 2.75) is 26.4 Å². The van der Waals surface area contributed by atoms with Crippen LogP contribution in [0.25, 0.3) is 11.4 Å². The standard InChI is InChI=1S/C19H21N5O/c1-14-9-11-17(12-10-14)19-20-22-24(21-19)13-18(25)23(3)15(2)16-7-5-4-6-8-16/h4-12,15H,13H2,1-3H3/t15-/m0/s1. The molecule has 3 rings (SSSR count). The Morgan fingerprint density at radius 1 is 1.12 bits per heavy atom. The highest BCUT2D eigenvalue weighted by Gasteiger charge is 2.18. The molecule has 0 aliphatic carbocycles. The molecule has 0 radical (unpaired) electrons. The van der Waals surface area contributed by atoms with Gasteiger partial charge in [-0.2, -0.15) is 4.80 Å². The summed E-state index contributed by atoms with van der Waals surface area (Å²) in [6, 6.07) is 17.8. The third-order valence-corrected chi connectivity index (χ3v) is 4.30. The van der Waals surface area contributed by atoms with Crippen molar-refractivity contribution in [3.8, 4) is 11.4 Å². The van der Waals surface area contributed by atoms with E-state index in [1.165, 1.54) is 10.4 Å². The Kier molecular flexibility index (Phi) is 4.88. The number of likely N-dealkylation sites (N-methyl/N-ethyl adjacent to an activating group) is 1. The maximum atomic E-state index is 12.5. The van der Waals surface area contributed by atoms with Crippen molar-refractivity contribution < 1.29 is 4.79 Å². The number of carbonyl (C=O) groups is 1. The Labute approximate surface area is 147 Å². The summed E-state index contributed by atoms with van der Waals surface area (Å²) in [5.74, 6) is 0.454. The minimum atomic E-state index is -0.0655. The number of tetrazole rings is 1. The zero-order valence-electron chi connectivity index (χ0n) is 14.6. The fourth-order valence-corrected chi connectivity index (χ4v) is 2.53. The number of aryl methyl sites for hydroxylation is 1. The van der Waals surface area contributed by atoms with E-state index in [0.29, 0.717) is 5.82 Å². The minimum absolute atomic E-state index is 0.0196. The first-order valence-corrected chi connectivity index (χ1v) is 8.20. The molecular weight excluding hydrogens is 314 g/mol. The highest BCUT2D eigenvalue weighted by Crippen LogP contribution is 2.18. The number of carbonyl (C=O) groups excluding carboxylic acids is 1. The SMILES string of the molecule is Cc1ccc(-c2nnn(CC(=O)N(C)[C@@H](C)c3ccccc3)n2)cc1. The van der Waals surface area contributed by atoms with Gasteiger partial charge in [0, 0.05) is 12.6 Å². The van der Waals surface area contributed by atoms with E-state index in [2.05, 4.69) is 15.4 Å². The molecule has 1 atom stereocenters. The largest absolute Gasteiger partial charge is 0.337 e. The zero-order chi connectivity index (χ0) is 17.8. The maximum Gasteiger partial charge on any atom is 0.246 e. The van der Waals surface area contributed by atoms with Crippen LogP contribution in [0, 0.1) is 6.92 Å². The van der Waals surface area contributed by atoms with Gasteiger partial charge < -0.3 is 4.90 Å². The van der Waals surface area contributed by atoms with Gasteiger partial charge in [-0.3, -0.25) is 4.79 Å². The van der Waals surface area contributed by atoms with Gasteiger partial charge in [-0.25, -0.2) is 0 Å². The molecule has 1 heterocycles. The molecule has 6 nitrogen and oxygen atoms in total. The predicted octanol–water partition coefficient (Wildman–Crippen LogP) is 2.87. The highest BCUT2D eigenvalue weighted by atomic mass is 16.2. The Bertz CT molecular complexity index is 842. The van der Waals surface area contributed by atoms with Gasteiger partial charge in [0.05, 0.1) is 6.04 Å². The molecule has 0 aliphatic heterocycles. The summed E-state index contributed by atoms with van der Waals surface area (Å²) >= 11 is 0. The zero-order valence-corrected chi connectivity index (χ0v) is 14.6. The fourth-order valence-electron chi connectivity index (χ4n) is 2.53. The average Bonchev–Trinajstić information content (AvgIpc) is 3.10. The van der Waals surface area contributed by atoms with Crippen LogP contribution < -0.4 is 0 Å². The minimum Gasteiger partial charge on any atom is -0.337 e. The summed E-state index contributed by atoms with van der Waals surface area (Å²) in [4.78, 5) is 15.6.